The molecule has 21 heavy (non-hydrogen) atoms. The first kappa shape index (κ1) is 17.8. The second-order valence-corrected chi connectivity index (χ2v) is 7.32. The van der Waals surface area contributed by atoms with E-state index in [-0.39, 0.29) is 11.9 Å². The number of nitrogens with zero attached hydrogens (tertiary/aromatic N) is 1. The number of sulfonamides is 1. The van der Waals surface area contributed by atoms with Crippen LogP contribution >= 0.6 is 11.6 Å². The number of hydrogen-bond donors (Lipinski definition) is 1. The van der Waals surface area contributed by atoms with Crippen molar-refractivity contribution in [3.63, 3.8) is 0 Å². The van der Waals surface area contributed by atoms with Crippen LogP contribution in [0.25, 0.3) is 0 Å². The molecule has 0 aliphatic carbocycles. The first-order valence-corrected chi connectivity index (χ1v) is 8.94. The Labute approximate surface area is 131 Å². The number of benzene rings is 1. The molecule has 0 spiro atoms. The van der Waals surface area contributed by atoms with E-state index in [0.29, 0.717) is 10.7 Å². The second kappa shape index (κ2) is 7.13. The van der Waals surface area contributed by atoms with Crippen LogP contribution in [0.15, 0.2) is 24.3 Å². The molecule has 1 rings (SSSR count). The average Bonchev–Trinajstić information content (AvgIpc) is 2.39. The summed E-state index contributed by atoms with van der Waals surface area (Å²) in [5, 5.41) is 3.30. The van der Waals surface area contributed by atoms with E-state index in [1.165, 1.54) is 0 Å². The lowest BCUT2D eigenvalue weighted by atomic mass is 10.2. The molecular formula is C14H21ClN2O3S. The van der Waals surface area contributed by atoms with Crippen LogP contribution in [-0.4, -0.2) is 32.7 Å². The van der Waals surface area contributed by atoms with Gasteiger partial charge in [-0.3, -0.25) is 9.10 Å². The van der Waals surface area contributed by atoms with Crippen molar-refractivity contribution in [3.05, 3.63) is 29.3 Å². The quantitative estimate of drug-likeness (QED) is 0.870. The van der Waals surface area contributed by atoms with Crippen LogP contribution < -0.4 is 9.62 Å². The van der Waals surface area contributed by atoms with Crippen LogP contribution in [0.2, 0.25) is 5.02 Å². The lowest BCUT2D eigenvalue weighted by molar-refractivity contribution is -0.122. The summed E-state index contributed by atoms with van der Waals surface area (Å²) >= 11 is 5.81. The summed E-state index contributed by atoms with van der Waals surface area (Å²) in [5.41, 5.74) is 0.411. The second-order valence-electron chi connectivity index (χ2n) is 5.03. The van der Waals surface area contributed by atoms with Crippen molar-refractivity contribution < 1.29 is 13.2 Å². The summed E-state index contributed by atoms with van der Waals surface area (Å²) in [6.07, 6.45) is 1.85. The molecule has 1 N–H and O–H groups in total. The molecule has 7 heteroatoms. The molecule has 2 atom stereocenters. The summed E-state index contributed by atoms with van der Waals surface area (Å²) in [6, 6.07) is 5.50. The predicted molar refractivity (Wildman–Crippen MR) is 86.1 cm³/mol. The van der Waals surface area contributed by atoms with E-state index >= 15 is 0 Å². The molecule has 0 unspecified atom stereocenters. The minimum absolute atomic E-state index is 0.00780. The van der Waals surface area contributed by atoms with Crippen LogP contribution in [0.4, 0.5) is 5.69 Å². The third-order valence-electron chi connectivity index (χ3n) is 3.17. The number of halogens is 1. The summed E-state index contributed by atoms with van der Waals surface area (Å²) in [4.78, 5) is 12.2. The van der Waals surface area contributed by atoms with Gasteiger partial charge in [0.05, 0.1) is 11.9 Å². The molecule has 5 nitrogen and oxygen atoms in total. The van der Waals surface area contributed by atoms with Crippen LogP contribution in [-0.2, 0) is 14.8 Å². The minimum atomic E-state index is -3.59. The monoisotopic (exact) mass is 332 g/mol. The van der Waals surface area contributed by atoms with Crippen molar-refractivity contribution >= 4 is 33.2 Å². The van der Waals surface area contributed by atoms with Gasteiger partial charge in [0.15, 0.2) is 0 Å². The van der Waals surface area contributed by atoms with E-state index in [9.17, 15) is 13.2 Å². The Kier molecular flexibility index (Phi) is 6.04. The largest absolute Gasteiger partial charge is 0.352 e. The van der Waals surface area contributed by atoms with Gasteiger partial charge in [0.1, 0.15) is 6.04 Å². The molecule has 0 saturated carbocycles. The zero-order valence-electron chi connectivity index (χ0n) is 12.6. The summed E-state index contributed by atoms with van der Waals surface area (Å²) in [5.74, 6) is -0.329. The zero-order valence-corrected chi connectivity index (χ0v) is 14.2. The van der Waals surface area contributed by atoms with Crippen molar-refractivity contribution in [2.45, 2.75) is 39.3 Å². The van der Waals surface area contributed by atoms with Gasteiger partial charge in [-0.25, -0.2) is 8.42 Å². The minimum Gasteiger partial charge on any atom is -0.352 e. The fourth-order valence-corrected chi connectivity index (χ4v) is 3.16. The molecule has 0 bridgehead atoms. The number of hydrogen-bond acceptors (Lipinski definition) is 3. The van der Waals surface area contributed by atoms with E-state index in [1.54, 1.807) is 31.2 Å². The summed E-state index contributed by atoms with van der Waals surface area (Å²) in [6.45, 7) is 5.38. The topological polar surface area (TPSA) is 66.5 Å². The van der Waals surface area contributed by atoms with E-state index in [4.69, 9.17) is 11.6 Å². The fourth-order valence-electron chi connectivity index (χ4n) is 1.86. The fraction of sp³-hybridized carbons (Fsp3) is 0.500. The number of anilines is 1. The average molecular weight is 333 g/mol. The van der Waals surface area contributed by atoms with Gasteiger partial charge < -0.3 is 5.32 Å². The molecule has 1 aromatic rings. The molecule has 1 aromatic carbocycles. The van der Waals surface area contributed by atoms with E-state index in [0.717, 1.165) is 17.0 Å². The molecule has 0 aliphatic heterocycles. The highest BCUT2D eigenvalue weighted by molar-refractivity contribution is 7.92. The van der Waals surface area contributed by atoms with Crippen molar-refractivity contribution in [2.75, 3.05) is 10.6 Å². The highest BCUT2D eigenvalue weighted by Crippen LogP contribution is 2.23. The van der Waals surface area contributed by atoms with Gasteiger partial charge in [0.25, 0.3) is 0 Å². The van der Waals surface area contributed by atoms with Crippen molar-refractivity contribution in [2.24, 2.45) is 0 Å². The number of carbonyl (C=O) groups excluding carboxylic acids is 1. The third kappa shape index (κ3) is 4.89. The van der Waals surface area contributed by atoms with E-state index in [1.807, 2.05) is 13.8 Å². The standard InChI is InChI=1S/C14H21ClN2O3S/c1-5-10(2)16-14(18)11(3)17(21(4,19)20)13-8-6-12(15)7-9-13/h6-11H,5H2,1-4H3,(H,16,18)/t10-,11-/m0/s1. The summed E-state index contributed by atoms with van der Waals surface area (Å²) < 4.78 is 25.2. The number of rotatable bonds is 6. The van der Waals surface area contributed by atoms with Gasteiger partial charge >= 0.3 is 0 Å². The smallest absolute Gasteiger partial charge is 0.243 e. The lowest BCUT2D eigenvalue weighted by Crippen LogP contribution is -2.49. The Morgan fingerprint density at radius 2 is 1.81 bits per heavy atom. The molecule has 0 aliphatic rings. The molecule has 0 heterocycles. The molecule has 0 fully saturated rings. The number of nitrogens with one attached hydrogen (secondary N) is 1. The van der Waals surface area contributed by atoms with Gasteiger partial charge in [0, 0.05) is 11.1 Å². The van der Waals surface area contributed by atoms with E-state index in [2.05, 4.69) is 5.32 Å². The first-order chi connectivity index (χ1) is 9.66. The van der Waals surface area contributed by atoms with Gasteiger partial charge in [0.2, 0.25) is 15.9 Å². The maximum atomic E-state index is 12.2. The van der Waals surface area contributed by atoms with E-state index < -0.39 is 16.1 Å². The predicted octanol–water partition coefficient (Wildman–Crippen LogP) is 2.41. The molecule has 0 radical (unpaired) electrons. The van der Waals surface area contributed by atoms with Crippen LogP contribution in [0, 0.1) is 0 Å². The van der Waals surface area contributed by atoms with Crippen molar-refractivity contribution in [1.82, 2.24) is 5.32 Å². The number of carbonyl (C=O) groups is 1. The van der Waals surface area contributed by atoms with Crippen LogP contribution in [0.1, 0.15) is 27.2 Å². The molecular weight excluding hydrogens is 312 g/mol. The maximum absolute atomic E-state index is 12.2. The maximum Gasteiger partial charge on any atom is 0.243 e. The van der Waals surface area contributed by atoms with Gasteiger partial charge in [-0.15, -0.1) is 0 Å². The Morgan fingerprint density at radius 3 is 2.24 bits per heavy atom. The Bertz CT molecular complexity index is 587. The lowest BCUT2D eigenvalue weighted by Gasteiger charge is -2.29. The number of amides is 1. The Morgan fingerprint density at radius 1 is 1.29 bits per heavy atom. The van der Waals surface area contributed by atoms with Crippen LogP contribution in [0.5, 0.6) is 0 Å². The molecule has 118 valence electrons. The molecule has 0 aromatic heterocycles. The summed E-state index contributed by atoms with van der Waals surface area (Å²) in [7, 11) is -3.59. The SMILES string of the molecule is CC[C@H](C)NC(=O)[C@H](C)N(c1ccc(Cl)cc1)S(C)(=O)=O. The van der Waals surface area contributed by atoms with Crippen LogP contribution in [0.3, 0.4) is 0 Å². The molecule has 0 saturated heterocycles. The first-order valence-electron chi connectivity index (χ1n) is 6.72. The zero-order chi connectivity index (χ0) is 16.2. The van der Waals surface area contributed by atoms with Crippen molar-refractivity contribution in [3.8, 4) is 0 Å². The third-order valence-corrected chi connectivity index (χ3v) is 4.66. The van der Waals surface area contributed by atoms with Gasteiger partial charge in [-0.1, -0.05) is 18.5 Å². The Balaban J connectivity index is 3.09. The Hall–Kier alpha value is -1.27. The highest BCUT2D eigenvalue weighted by atomic mass is 35.5. The highest BCUT2D eigenvalue weighted by Gasteiger charge is 2.29. The normalized spacial score (nSPS) is 14.3. The van der Waals surface area contributed by atoms with Gasteiger partial charge in [-0.2, -0.15) is 0 Å². The van der Waals surface area contributed by atoms with Gasteiger partial charge in [-0.05, 0) is 44.5 Å². The molecule has 1 amide bonds. The van der Waals surface area contributed by atoms with Crippen molar-refractivity contribution in [1.29, 1.82) is 0 Å².